The van der Waals surface area contributed by atoms with E-state index in [4.69, 9.17) is 5.26 Å². The summed E-state index contributed by atoms with van der Waals surface area (Å²) in [5.41, 5.74) is 1.35. The summed E-state index contributed by atoms with van der Waals surface area (Å²) in [7, 11) is 0. The zero-order chi connectivity index (χ0) is 18.6. The number of anilines is 1. The van der Waals surface area contributed by atoms with Crippen molar-refractivity contribution in [1.82, 2.24) is 0 Å². The molecule has 6 heteroatoms. The molecule has 2 aromatic rings. The average molecular weight is 351 g/mol. The van der Waals surface area contributed by atoms with Crippen LogP contribution in [0.3, 0.4) is 0 Å². The van der Waals surface area contributed by atoms with Crippen LogP contribution in [0.25, 0.3) is 10.4 Å². The number of benzene rings is 1. The Morgan fingerprint density at radius 3 is 2.28 bits per heavy atom. The molecule has 0 radical (unpaired) electrons. The zero-order valence-electron chi connectivity index (χ0n) is 14.2. The van der Waals surface area contributed by atoms with Crippen LogP contribution < -0.4 is 5.32 Å². The van der Waals surface area contributed by atoms with Crippen LogP contribution in [0.2, 0.25) is 0 Å². The van der Waals surface area contributed by atoms with Gasteiger partial charge in [0, 0.05) is 4.88 Å². The number of Topliss-reactive ketones (excluding diaryl/α,β-unsaturated/α-hetero) is 1. The normalized spacial score (nSPS) is 11.9. The molecule has 1 N–H and O–H groups in total. The number of nitrogens with one attached hydrogen (secondary N) is 1. The standard InChI is InChI=1S/C19H17N3O2S/c1-12(23)15(10-20)18(24)22-17-9-8-16(25-17)13-4-6-14(7-5-13)19(2,3)11-21/h4-9,15H,1-3H3,(H,22,24). The predicted molar refractivity (Wildman–Crippen MR) is 96.8 cm³/mol. The SMILES string of the molecule is CC(=O)C(C#N)C(=O)Nc1ccc(-c2ccc(C(C)(C)C#N)cc2)s1. The van der Waals surface area contributed by atoms with Crippen LogP contribution in [-0.2, 0) is 15.0 Å². The van der Waals surface area contributed by atoms with Gasteiger partial charge in [-0.2, -0.15) is 10.5 Å². The molecule has 0 spiro atoms. The third-order valence-corrected chi connectivity index (χ3v) is 4.87. The molecule has 1 heterocycles. The van der Waals surface area contributed by atoms with Crippen LogP contribution in [0.5, 0.6) is 0 Å². The fourth-order valence-corrected chi connectivity index (χ4v) is 3.12. The highest BCUT2D eigenvalue weighted by molar-refractivity contribution is 7.19. The molecule has 1 atom stereocenters. The lowest BCUT2D eigenvalue weighted by atomic mass is 9.86. The second kappa shape index (κ2) is 7.29. The summed E-state index contributed by atoms with van der Waals surface area (Å²) in [5, 5.41) is 21.3. The number of ketones is 1. The van der Waals surface area contributed by atoms with Crippen molar-refractivity contribution in [3.8, 4) is 22.6 Å². The van der Waals surface area contributed by atoms with E-state index in [1.165, 1.54) is 18.3 Å². The first-order valence-electron chi connectivity index (χ1n) is 7.61. The number of hydrogen-bond donors (Lipinski definition) is 1. The number of carbonyl (C=O) groups excluding carboxylic acids is 2. The smallest absolute Gasteiger partial charge is 0.249 e. The van der Waals surface area contributed by atoms with E-state index >= 15 is 0 Å². The summed E-state index contributed by atoms with van der Waals surface area (Å²) in [6, 6.07) is 15.3. The van der Waals surface area contributed by atoms with Crippen molar-refractivity contribution in [1.29, 1.82) is 10.5 Å². The lowest BCUT2D eigenvalue weighted by molar-refractivity contribution is -0.127. The van der Waals surface area contributed by atoms with Gasteiger partial charge in [0.05, 0.1) is 22.6 Å². The molecule has 1 unspecified atom stereocenters. The van der Waals surface area contributed by atoms with Crippen molar-refractivity contribution in [2.45, 2.75) is 26.2 Å². The maximum absolute atomic E-state index is 11.9. The number of thiophene rings is 1. The fourth-order valence-electron chi connectivity index (χ4n) is 2.20. The summed E-state index contributed by atoms with van der Waals surface area (Å²) in [4.78, 5) is 24.1. The number of hydrogen-bond acceptors (Lipinski definition) is 5. The van der Waals surface area contributed by atoms with E-state index in [9.17, 15) is 14.9 Å². The maximum atomic E-state index is 11.9. The number of rotatable bonds is 5. The van der Waals surface area contributed by atoms with E-state index in [-0.39, 0.29) is 0 Å². The molecule has 25 heavy (non-hydrogen) atoms. The Labute approximate surface area is 150 Å². The van der Waals surface area contributed by atoms with Crippen molar-refractivity contribution >= 4 is 28.0 Å². The lowest BCUT2D eigenvalue weighted by Gasteiger charge is -2.15. The molecule has 0 aliphatic carbocycles. The average Bonchev–Trinajstić information content (AvgIpc) is 3.03. The van der Waals surface area contributed by atoms with Crippen LogP contribution in [0.1, 0.15) is 26.3 Å². The van der Waals surface area contributed by atoms with Crippen molar-refractivity contribution in [2.24, 2.45) is 5.92 Å². The van der Waals surface area contributed by atoms with E-state index in [0.29, 0.717) is 5.00 Å². The van der Waals surface area contributed by atoms with E-state index in [1.54, 1.807) is 12.1 Å². The molecule has 0 aliphatic heterocycles. The highest BCUT2D eigenvalue weighted by atomic mass is 32.1. The second-order valence-electron chi connectivity index (χ2n) is 6.14. The summed E-state index contributed by atoms with van der Waals surface area (Å²) < 4.78 is 0. The van der Waals surface area contributed by atoms with Gasteiger partial charge in [-0.25, -0.2) is 0 Å². The van der Waals surface area contributed by atoms with Crippen LogP contribution in [-0.4, -0.2) is 11.7 Å². The van der Waals surface area contributed by atoms with Gasteiger partial charge in [-0.05, 0) is 44.0 Å². The van der Waals surface area contributed by atoms with E-state index in [1.807, 2.05) is 44.2 Å². The second-order valence-corrected chi connectivity index (χ2v) is 7.22. The summed E-state index contributed by atoms with van der Waals surface area (Å²) >= 11 is 1.36. The van der Waals surface area contributed by atoms with Gasteiger partial charge >= 0.3 is 0 Å². The van der Waals surface area contributed by atoms with Gasteiger partial charge in [-0.3, -0.25) is 9.59 Å². The first kappa shape index (κ1) is 18.4. The molecule has 0 saturated carbocycles. The predicted octanol–water partition coefficient (Wildman–Crippen LogP) is 3.88. The molecule has 1 aromatic heterocycles. The summed E-state index contributed by atoms with van der Waals surface area (Å²) in [5.74, 6) is -2.39. The summed E-state index contributed by atoms with van der Waals surface area (Å²) in [6.07, 6.45) is 0. The third kappa shape index (κ3) is 4.12. The number of amides is 1. The van der Waals surface area contributed by atoms with Gasteiger partial charge in [0.1, 0.15) is 0 Å². The highest BCUT2D eigenvalue weighted by Crippen LogP contribution is 2.33. The summed E-state index contributed by atoms with van der Waals surface area (Å²) in [6.45, 7) is 4.94. The Morgan fingerprint density at radius 1 is 1.12 bits per heavy atom. The van der Waals surface area contributed by atoms with Crippen LogP contribution in [0, 0.1) is 28.6 Å². The molecule has 1 aromatic carbocycles. The number of nitriles is 2. The van der Waals surface area contributed by atoms with Crippen LogP contribution in [0.4, 0.5) is 5.00 Å². The Kier molecular flexibility index (Phi) is 5.36. The number of nitrogens with zero attached hydrogens (tertiary/aromatic N) is 2. The van der Waals surface area contributed by atoms with Crippen molar-refractivity contribution < 1.29 is 9.59 Å². The molecule has 5 nitrogen and oxygen atoms in total. The van der Waals surface area contributed by atoms with E-state index in [2.05, 4.69) is 11.4 Å². The molecular weight excluding hydrogens is 334 g/mol. The van der Waals surface area contributed by atoms with Gasteiger partial charge < -0.3 is 5.32 Å². The van der Waals surface area contributed by atoms with Gasteiger partial charge in [-0.15, -0.1) is 11.3 Å². The third-order valence-electron chi connectivity index (χ3n) is 3.82. The van der Waals surface area contributed by atoms with E-state index in [0.717, 1.165) is 16.0 Å². The largest absolute Gasteiger partial charge is 0.316 e. The van der Waals surface area contributed by atoms with Gasteiger partial charge in [0.15, 0.2) is 11.7 Å². The molecule has 0 fully saturated rings. The van der Waals surface area contributed by atoms with Crippen LogP contribution in [0.15, 0.2) is 36.4 Å². The van der Waals surface area contributed by atoms with Crippen molar-refractivity contribution in [2.75, 3.05) is 5.32 Å². The van der Waals surface area contributed by atoms with Crippen LogP contribution >= 0.6 is 11.3 Å². The molecular formula is C19H17N3O2S. The minimum atomic E-state index is -1.29. The molecule has 0 aliphatic rings. The maximum Gasteiger partial charge on any atom is 0.249 e. The van der Waals surface area contributed by atoms with E-state index < -0.39 is 23.0 Å². The monoisotopic (exact) mass is 351 g/mol. The van der Waals surface area contributed by atoms with Gasteiger partial charge in [0.2, 0.25) is 5.91 Å². The minimum absolute atomic E-state index is 0.479. The molecule has 2 rings (SSSR count). The number of carbonyl (C=O) groups is 2. The molecule has 0 saturated heterocycles. The topological polar surface area (TPSA) is 93.8 Å². The Bertz CT molecular complexity index is 883. The first-order chi connectivity index (χ1) is 11.8. The Balaban J connectivity index is 2.17. The lowest BCUT2D eigenvalue weighted by Crippen LogP contribution is -2.26. The Hall–Kier alpha value is -2.96. The fraction of sp³-hybridized carbons (Fsp3) is 0.263. The highest BCUT2D eigenvalue weighted by Gasteiger charge is 2.23. The minimum Gasteiger partial charge on any atom is -0.316 e. The van der Waals surface area contributed by atoms with Gasteiger partial charge in [-0.1, -0.05) is 24.3 Å². The molecule has 126 valence electrons. The van der Waals surface area contributed by atoms with Crippen molar-refractivity contribution in [3.05, 3.63) is 42.0 Å². The molecule has 1 amide bonds. The molecule has 0 bridgehead atoms. The van der Waals surface area contributed by atoms with Gasteiger partial charge in [0.25, 0.3) is 0 Å². The zero-order valence-corrected chi connectivity index (χ0v) is 15.0. The quantitative estimate of drug-likeness (QED) is 0.827. The van der Waals surface area contributed by atoms with Crippen molar-refractivity contribution in [3.63, 3.8) is 0 Å². The Morgan fingerprint density at radius 2 is 1.76 bits per heavy atom. The first-order valence-corrected chi connectivity index (χ1v) is 8.43.